The number of unbranched alkanes of at least 4 members (excludes halogenated alkanes) is 1. The maximum atomic E-state index is 13.9. The molecule has 3 heterocycles. The van der Waals surface area contributed by atoms with Gasteiger partial charge in [0.1, 0.15) is 11.6 Å². The molecule has 1 aliphatic heterocycles. The van der Waals surface area contributed by atoms with Crippen molar-refractivity contribution in [2.45, 2.75) is 32.7 Å². The Morgan fingerprint density at radius 2 is 2.00 bits per heavy atom. The lowest BCUT2D eigenvalue weighted by Crippen LogP contribution is -2.31. The number of amides is 1. The quantitative estimate of drug-likeness (QED) is 0.198. The van der Waals surface area contributed by atoms with E-state index in [-0.39, 0.29) is 16.5 Å². The van der Waals surface area contributed by atoms with Crippen molar-refractivity contribution >= 4 is 38.4 Å². The molecule has 4 aromatic rings. The van der Waals surface area contributed by atoms with Crippen LogP contribution in [0.25, 0.3) is 10.2 Å². The minimum absolute atomic E-state index is 0.0124. The van der Waals surface area contributed by atoms with Gasteiger partial charge in [-0.3, -0.25) is 14.5 Å². The first-order valence-corrected chi connectivity index (χ1v) is 12.9. The van der Waals surface area contributed by atoms with Crippen LogP contribution in [0, 0.1) is 12.7 Å². The molecule has 1 amide bonds. The number of benzene rings is 2. The molecule has 0 saturated carbocycles. The van der Waals surface area contributed by atoms with E-state index in [1.54, 1.807) is 31.2 Å². The summed E-state index contributed by atoms with van der Waals surface area (Å²) in [5.74, 6) is -1.17. The molecule has 1 atom stereocenters. The zero-order valence-corrected chi connectivity index (χ0v) is 21.8. The number of aliphatic hydroxyl groups excluding tert-OH is 1. The summed E-state index contributed by atoms with van der Waals surface area (Å²) in [5, 5.41) is 11.2. The summed E-state index contributed by atoms with van der Waals surface area (Å²) in [7, 11) is 1.50. The second-order valence-corrected chi connectivity index (χ2v) is 9.81. The van der Waals surface area contributed by atoms with Crippen LogP contribution in [0.5, 0.6) is 11.5 Å². The number of ketones is 1. The molecule has 2 aromatic carbocycles. The largest absolute Gasteiger partial charge is 0.503 e. The van der Waals surface area contributed by atoms with E-state index in [0.29, 0.717) is 39.6 Å². The predicted molar refractivity (Wildman–Crippen MR) is 141 cm³/mol. The van der Waals surface area contributed by atoms with Gasteiger partial charge in [-0.15, -0.1) is 0 Å². The zero-order chi connectivity index (χ0) is 27.0. The maximum Gasteiger partial charge on any atom is 0.296 e. The molecule has 38 heavy (non-hydrogen) atoms. The number of thiazole rings is 1. The van der Waals surface area contributed by atoms with Crippen LogP contribution in [0.4, 0.5) is 9.52 Å². The molecule has 0 saturated heterocycles. The van der Waals surface area contributed by atoms with Crippen molar-refractivity contribution in [3.63, 3.8) is 0 Å². The Bertz CT molecular complexity index is 1570. The fourth-order valence-corrected chi connectivity index (χ4v) is 5.35. The number of Topliss-reactive ketones (excluding diaryl/α,β-unsaturated/α-hetero) is 1. The number of aryl methyl sites for hydroxylation is 1. The van der Waals surface area contributed by atoms with Crippen LogP contribution in [0.3, 0.4) is 0 Å². The van der Waals surface area contributed by atoms with Gasteiger partial charge in [0, 0.05) is 0 Å². The summed E-state index contributed by atoms with van der Waals surface area (Å²) < 4.78 is 31.3. The molecule has 5 rings (SSSR count). The van der Waals surface area contributed by atoms with Crippen molar-refractivity contribution in [3.8, 4) is 11.5 Å². The van der Waals surface area contributed by atoms with Gasteiger partial charge >= 0.3 is 0 Å². The normalized spacial score (nSPS) is 15.5. The number of ether oxygens (including phenoxy) is 2. The lowest BCUT2D eigenvalue weighted by molar-refractivity contribution is -0.117. The predicted octanol–water partition coefficient (Wildman–Crippen LogP) is 6.31. The topological polar surface area (TPSA) is 102 Å². The number of aromatic nitrogens is 1. The van der Waals surface area contributed by atoms with E-state index in [4.69, 9.17) is 13.9 Å². The lowest BCUT2D eigenvalue weighted by Gasteiger charge is -2.25. The number of carbonyl (C=O) groups is 2. The highest BCUT2D eigenvalue weighted by Gasteiger charge is 2.46. The van der Waals surface area contributed by atoms with E-state index in [2.05, 4.69) is 11.9 Å². The fourth-order valence-electron chi connectivity index (χ4n) is 4.33. The zero-order valence-electron chi connectivity index (χ0n) is 21.0. The third-order valence-corrected chi connectivity index (χ3v) is 7.24. The molecular formula is C28H25FN2O6S. The molecule has 0 aliphatic carbocycles. The molecule has 0 fully saturated rings. The number of halogens is 1. The van der Waals surface area contributed by atoms with Crippen LogP contribution in [-0.4, -0.2) is 35.5 Å². The molecule has 1 unspecified atom stereocenters. The first kappa shape index (κ1) is 25.5. The van der Waals surface area contributed by atoms with Crippen molar-refractivity contribution in [1.82, 2.24) is 4.98 Å². The Kier molecular flexibility index (Phi) is 6.90. The summed E-state index contributed by atoms with van der Waals surface area (Å²) in [4.78, 5) is 32.8. The highest BCUT2D eigenvalue weighted by molar-refractivity contribution is 7.22. The van der Waals surface area contributed by atoms with Gasteiger partial charge in [0.2, 0.25) is 5.78 Å². The molecule has 0 radical (unpaired) electrons. The van der Waals surface area contributed by atoms with Crippen LogP contribution < -0.4 is 14.4 Å². The standard InChI is InChI=1S/C28H25FN2O6S/c1-4-5-12-36-19-11-7-16(13-21(19)35-3)24-23(25(32)20-10-6-15(2)37-20)26(33)27(34)31(24)28-30-18-9-8-17(29)14-22(18)38-28/h6-11,13-14,24,33H,4-5,12H2,1-3H3. The molecule has 0 spiro atoms. The number of furan rings is 1. The minimum atomic E-state index is -1.05. The number of fused-ring (bicyclic) bond motifs is 1. The Balaban J connectivity index is 1.64. The Hall–Kier alpha value is -4.18. The fraction of sp³-hybridized carbons (Fsp3) is 0.250. The van der Waals surface area contributed by atoms with Gasteiger partial charge in [0.15, 0.2) is 28.1 Å². The van der Waals surface area contributed by atoms with Gasteiger partial charge in [0.05, 0.1) is 35.5 Å². The molecule has 0 bridgehead atoms. The second kappa shape index (κ2) is 10.3. The highest BCUT2D eigenvalue weighted by atomic mass is 32.1. The third-order valence-electron chi connectivity index (χ3n) is 6.22. The van der Waals surface area contributed by atoms with Gasteiger partial charge in [-0.25, -0.2) is 9.37 Å². The van der Waals surface area contributed by atoms with Crippen LogP contribution >= 0.6 is 11.3 Å². The number of nitrogens with zero attached hydrogens (tertiary/aromatic N) is 2. The molecule has 196 valence electrons. The average Bonchev–Trinajstić information content (AvgIpc) is 3.59. The number of carbonyl (C=O) groups excluding carboxylic acids is 2. The van der Waals surface area contributed by atoms with Crippen molar-refractivity contribution in [3.05, 3.63) is 82.8 Å². The third kappa shape index (κ3) is 4.51. The smallest absolute Gasteiger partial charge is 0.296 e. The van der Waals surface area contributed by atoms with Crippen molar-refractivity contribution < 1.29 is 33.0 Å². The number of rotatable bonds is 9. The van der Waals surface area contributed by atoms with E-state index in [9.17, 15) is 19.1 Å². The molecule has 2 aromatic heterocycles. The SMILES string of the molecule is CCCCOc1ccc(C2C(C(=O)c3ccc(C)o3)=C(O)C(=O)N2c2nc3ccc(F)cc3s2)cc1OC. The summed E-state index contributed by atoms with van der Waals surface area (Å²) in [6.07, 6.45) is 1.83. The summed E-state index contributed by atoms with van der Waals surface area (Å²) in [6.45, 7) is 4.26. The van der Waals surface area contributed by atoms with Crippen molar-refractivity contribution in [2.75, 3.05) is 18.6 Å². The second-order valence-electron chi connectivity index (χ2n) is 8.80. The molecule has 8 nitrogen and oxygen atoms in total. The monoisotopic (exact) mass is 536 g/mol. The van der Waals surface area contributed by atoms with Crippen molar-refractivity contribution in [2.24, 2.45) is 0 Å². The first-order valence-electron chi connectivity index (χ1n) is 12.1. The van der Waals surface area contributed by atoms with E-state index in [0.717, 1.165) is 24.2 Å². The maximum absolute atomic E-state index is 13.9. The van der Waals surface area contributed by atoms with Gasteiger partial charge < -0.3 is 19.0 Å². The molecular weight excluding hydrogens is 511 g/mol. The van der Waals surface area contributed by atoms with E-state index >= 15 is 0 Å². The van der Waals surface area contributed by atoms with Gasteiger partial charge in [-0.1, -0.05) is 30.7 Å². The van der Waals surface area contributed by atoms with Crippen LogP contribution in [0.1, 0.15) is 47.7 Å². The van der Waals surface area contributed by atoms with Crippen LogP contribution in [0.15, 0.2) is 64.3 Å². The number of hydrogen-bond acceptors (Lipinski definition) is 8. The Labute approximate surface area is 221 Å². The minimum Gasteiger partial charge on any atom is -0.503 e. The van der Waals surface area contributed by atoms with Gasteiger partial charge in [-0.2, -0.15) is 0 Å². The first-order chi connectivity index (χ1) is 18.3. The number of methoxy groups -OCH3 is 1. The Morgan fingerprint density at radius 3 is 2.71 bits per heavy atom. The molecule has 1 aliphatic rings. The average molecular weight is 537 g/mol. The van der Waals surface area contributed by atoms with E-state index in [1.165, 1.54) is 36.3 Å². The number of aliphatic hydroxyl groups is 1. The molecule has 1 N–H and O–H groups in total. The molecule has 10 heteroatoms. The summed E-state index contributed by atoms with van der Waals surface area (Å²) in [6, 6.07) is 11.3. The lowest BCUT2D eigenvalue weighted by atomic mass is 9.95. The summed E-state index contributed by atoms with van der Waals surface area (Å²) in [5.41, 5.74) is 0.812. The number of hydrogen-bond donors (Lipinski definition) is 1. The Morgan fingerprint density at radius 1 is 1.18 bits per heavy atom. The highest BCUT2D eigenvalue weighted by Crippen LogP contribution is 2.45. The number of anilines is 1. The van der Waals surface area contributed by atoms with E-state index < -0.39 is 29.3 Å². The van der Waals surface area contributed by atoms with E-state index in [1.807, 2.05) is 0 Å². The van der Waals surface area contributed by atoms with Crippen LogP contribution in [-0.2, 0) is 4.79 Å². The summed E-state index contributed by atoms with van der Waals surface area (Å²) >= 11 is 1.08. The van der Waals surface area contributed by atoms with Gasteiger partial charge in [-0.05, 0) is 61.4 Å². The van der Waals surface area contributed by atoms with Gasteiger partial charge in [0.25, 0.3) is 5.91 Å². The van der Waals surface area contributed by atoms with Crippen molar-refractivity contribution in [1.29, 1.82) is 0 Å². The van der Waals surface area contributed by atoms with Crippen LogP contribution in [0.2, 0.25) is 0 Å².